The van der Waals surface area contributed by atoms with Crippen molar-refractivity contribution in [1.82, 2.24) is 0 Å². The van der Waals surface area contributed by atoms with Crippen LogP contribution >= 0.6 is 0 Å². The van der Waals surface area contributed by atoms with Crippen molar-refractivity contribution in [1.29, 1.82) is 0 Å². The Hall–Kier alpha value is -0.0800. The SMILES string of the molecule is NC1CCCC(CC2CCC(N)CC2)CCC1. The lowest BCUT2D eigenvalue weighted by Gasteiger charge is -2.30. The molecule has 0 bridgehead atoms. The Morgan fingerprint density at radius 1 is 0.588 bits per heavy atom. The van der Waals surface area contributed by atoms with Gasteiger partial charge in [0.2, 0.25) is 0 Å². The molecule has 2 saturated carbocycles. The van der Waals surface area contributed by atoms with Crippen molar-refractivity contribution in [3.8, 4) is 0 Å². The molecular weight excluding hydrogens is 208 g/mol. The van der Waals surface area contributed by atoms with Gasteiger partial charge in [0.05, 0.1) is 0 Å². The second-order valence-electron chi connectivity index (χ2n) is 6.50. The maximum absolute atomic E-state index is 6.04. The van der Waals surface area contributed by atoms with E-state index in [0.29, 0.717) is 12.1 Å². The first-order valence-electron chi connectivity index (χ1n) is 7.75. The van der Waals surface area contributed by atoms with Gasteiger partial charge in [-0.25, -0.2) is 0 Å². The summed E-state index contributed by atoms with van der Waals surface area (Å²) in [6.07, 6.45) is 14.9. The monoisotopic (exact) mass is 238 g/mol. The fourth-order valence-electron chi connectivity index (χ4n) is 3.76. The van der Waals surface area contributed by atoms with Gasteiger partial charge in [0, 0.05) is 12.1 Å². The molecule has 0 saturated heterocycles. The number of rotatable bonds is 2. The first kappa shape index (κ1) is 13.4. The van der Waals surface area contributed by atoms with Crippen LogP contribution in [0.15, 0.2) is 0 Å². The maximum Gasteiger partial charge on any atom is 0.00390 e. The van der Waals surface area contributed by atoms with Gasteiger partial charge in [-0.2, -0.15) is 0 Å². The van der Waals surface area contributed by atoms with Gasteiger partial charge in [0.25, 0.3) is 0 Å². The number of nitrogens with two attached hydrogens (primary N) is 2. The third kappa shape index (κ3) is 4.59. The molecule has 0 atom stereocenters. The first-order valence-corrected chi connectivity index (χ1v) is 7.75. The molecule has 2 aliphatic carbocycles. The van der Waals surface area contributed by atoms with Crippen LogP contribution in [0.3, 0.4) is 0 Å². The van der Waals surface area contributed by atoms with E-state index in [2.05, 4.69) is 0 Å². The maximum atomic E-state index is 6.04. The zero-order chi connectivity index (χ0) is 12.1. The Bertz CT molecular complexity index is 199. The minimum absolute atomic E-state index is 0.489. The molecule has 2 rings (SSSR count). The highest BCUT2D eigenvalue weighted by Gasteiger charge is 2.22. The molecule has 0 amide bonds. The molecule has 0 aromatic carbocycles. The summed E-state index contributed by atoms with van der Waals surface area (Å²) in [6, 6.07) is 0.991. The van der Waals surface area contributed by atoms with Crippen LogP contribution in [0.2, 0.25) is 0 Å². The summed E-state index contributed by atoms with van der Waals surface area (Å²) in [7, 11) is 0. The topological polar surface area (TPSA) is 52.0 Å². The predicted molar refractivity (Wildman–Crippen MR) is 73.7 cm³/mol. The van der Waals surface area contributed by atoms with Crippen LogP contribution < -0.4 is 11.5 Å². The fourth-order valence-corrected chi connectivity index (χ4v) is 3.76. The highest BCUT2D eigenvalue weighted by Crippen LogP contribution is 2.33. The molecule has 0 heterocycles. The van der Waals surface area contributed by atoms with E-state index >= 15 is 0 Å². The molecule has 2 aliphatic rings. The molecule has 2 fully saturated rings. The van der Waals surface area contributed by atoms with Crippen molar-refractivity contribution in [2.24, 2.45) is 23.3 Å². The lowest BCUT2D eigenvalue weighted by Crippen LogP contribution is -2.28. The molecule has 100 valence electrons. The van der Waals surface area contributed by atoms with Crippen LogP contribution in [0, 0.1) is 11.8 Å². The zero-order valence-electron chi connectivity index (χ0n) is 11.2. The number of hydrogen-bond acceptors (Lipinski definition) is 2. The van der Waals surface area contributed by atoms with E-state index in [1.807, 2.05) is 0 Å². The second kappa shape index (κ2) is 6.75. The van der Waals surface area contributed by atoms with Crippen LogP contribution in [0.5, 0.6) is 0 Å². The predicted octanol–water partition coefficient (Wildman–Crippen LogP) is 3.19. The highest BCUT2D eigenvalue weighted by molar-refractivity contribution is 4.78. The Balaban J connectivity index is 1.70. The third-order valence-corrected chi connectivity index (χ3v) is 4.93. The van der Waals surface area contributed by atoms with Crippen molar-refractivity contribution < 1.29 is 0 Å². The summed E-state index contributed by atoms with van der Waals surface area (Å²) in [4.78, 5) is 0. The summed E-state index contributed by atoms with van der Waals surface area (Å²) in [5.41, 5.74) is 12.0. The molecule has 2 nitrogen and oxygen atoms in total. The van der Waals surface area contributed by atoms with E-state index in [4.69, 9.17) is 11.5 Å². The van der Waals surface area contributed by atoms with E-state index in [-0.39, 0.29) is 0 Å². The van der Waals surface area contributed by atoms with Crippen LogP contribution in [-0.4, -0.2) is 12.1 Å². The molecule has 2 heteroatoms. The van der Waals surface area contributed by atoms with Gasteiger partial charge >= 0.3 is 0 Å². The van der Waals surface area contributed by atoms with Gasteiger partial charge in [-0.3, -0.25) is 0 Å². The zero-order valence-corrected chi connectivity index (χ0v) is 11.2. The Morgan fingerprint density at radius 3 is 1.65 bits per heavy atom. The van der Waals surface area contributed by atoms with Crippen molar-refractivity contribution >= 4 is 0 Å². The average Bonchev–Trinajstić information content (AvgIpc) is 2.29. The summed E-state index contributed by atoms with van der Waals surface area (Å²) < 4.78 is 0. The van der Waals surface area contributed by atoms with Gasteiger partial charge in [0.1, 0.15) is 0 Å². The lowest BCUT2D eigenvalue weighted by molar-refractivity contribution is 0.240. The summed E-state index contributed by atoms with van der Waals surface area (Å²) in [5, 5.41) is 0. The van der Waals surface area contributed by atoms with Gasteiger partial charge in [-0.1, -0.05) is 25.7 Å². The normalized spacial score (nSPS) is 40.6. The van der Waals surface area contributed by atoms with E-state index in [0.717, 1.165) is 11.8 Å². The van der Waals surface area contributed by atoms with Gasteiger partial charge in [-0.15, -0.1) is 0 Å². The fraction of sp³-hybridized carbons (Fsp3) is 1.00. The van der Waals surface area contributed by atoms with Gasteiger partial charge < -0.3 is 11.5 Å². The van der Waals surface area contributed by atoms with Crippen LogP contribution in [0.1, 0.15) is 70.6 Å². The quantitative estimate of drug-likeness (QED) is 0.776. The van der Waals surface area contributed by atoms with E-state index in [1.165, 1.54) is 70.6 Å². The average molecular weight is 238 g/mol. The first-order chi connectivity index (χ1) is 8.24. The van der Waals surface area contributed by atoms with Crippen LogP contribution in [0.4, 0.5) is 0 Å². The van der Waals surface area contributed by atoms with Crippen LogP contribution in [0.25, 0.3) is 0 Å². The van der Waals surface area contributed by atoms with E-state index < -0.39 is 0 Å². The largest absolute Gasteiger partial charge is 0.328 e. The molecular formula is C15H30N2. The molecule has 4 N–H and O–H groups in total. The highest BCUT2D eigenvalue weighted by atomic mass is 14.6. The minimum atomic E-state index is 0.489. The van der Waals surface area contributed by atoms with Gasteiger partial charge in [0.15, 0.2) is 0 Å². The van der Waals surface area contributed by atoms with Crippen molar-refractivity contribution in [3.63, 3.8) is 0 Å². The molecule has 0 aromatic rings. The van der Waals surface area contributed by atoms with Crippen LogP contribution in [-0.2, 0) is 0 Å². The number of hydrogen-bond donors (Lipinski definition) is 2. The van der Waals surface area contributed by atoms with Crippen molar-refractivity contribution in [2.45, 2.75) is 82.7 Å². The van der Waals surface area contributed by atoms with E-state index in [9.17, 15) is 0 Å². The minimum Gasteiger partial charge on any atom is -0.328 e. The molecule has 17 heavy (non-hydrogen) atoms. The van der Waals surface area contributed by atoms with Gasteiger partial charge in [-0.05, 0) is 56.8 Å². The molecule has 0 radical (unpaired) electrons. The Morgan fingerprint density at radius 2 is 1.06 bits per heavy atom. The lowest BCUT2D eigenvalue weighted by atomic mass is 9.77. The Kier molecular flexibility index (Phi) is 5.30. The van der Waals surface area contributed by atoms with Crippen molar-refractivity contribution in [3.05, 3.63) is 0 Å². The molecule has 0 unspecified atom stereocenters. The smallest absolute Gasteiger partial charge is 0.00390 e. The standard InChI is InChI=1S/C15H30N2/c16-14-5-1-3-12(4-2-6-14)11-13-7-9-15(17)10-8-13/h12-15H,1-11,16-17H2. The third-order valence-electron chi connectivity index (χ3n) is 4.93. The summed E-state index contributed by atoms with van der Waals surface area (Å²) >= 11 is 0. The molecule has 0 spiro atoms. The van der Waals surface area contributed by atoms with Crippen molar-refractivity contribution in [2.75, 3.05) is 0 Å². The summed E-state index contributed by atoms with van der Waals surface area (Å²) in [5.74, 6) is 1.97. The second-order valence-corrected chi connectivity index (χ2v) is 6.50. The molecule has 0 aromatic heterocycles. The molecule has 0 aliphatic heterocycles. The van der Waals surface area contributed by atoms with E-state index in [1.54, 1.807) is 0 Å². The summed E-state index contributed by atoms with van der Waals surface area (Å²) in [6.45, 7) is 0. The Labute approximate surface area is 107 Å².